The maximum absolute atomic E-state index is 14.4. The molecule has 0 spiro atoms. The van der Waals surface area contributed by atoms with Crippen LogP contribution in [-0.4, -0.2) is 44.8 Å². The predicted octanol–water partition coefficient (Wildman–Crippen LogP) is 4.26. The van der Waals surface area contributed by atoms with Gasteiger partial charge in [0, 0.05) is 19.0 Å². The maximum atomic E-state index is 14.4. The number of nitrogens with one attached hydrogen (secondary N) is 1. The summed E-state index contributed by atoms with van der Waals surface area (Å²) < 4.78 is 21.9. The van der Waals surface area contributed by atoms with Crippen LogP contribution in [0.1, 0.15) is 32.4 Å². The topological polar surface area (TPSA) is 105 Å². The van der Waals surface area contributed by atoms with Crippen molar-refractivity contribution in [3.63, 3.8) is 0 Å². The predicted molar refractivity (Wildman–Crippen MR) is 130 cm³/mol. The Morgan fingerprint density at radius 2 is 1.91 bits per heavy atom. The lowest BCUT2D eigenvalue weighted by Crippen LogP contribution is -2.43. The van der Waals surface area contributed by atoms with Gasteiger partial charge in [-0.3, -0.25) is 9.36 Å². The van der Waals surface area contributed by atoms with Gasteiger partial charge in [0.1, 0.15) is 5.82 Å². The van der Waals surface area contributed by atoms with Crippen LogP contribution in [0.4, 0.5) is 9.18 Å². The van der Waals surface area contributed by atoms with E-state index in [4.69, 9.17) is 16.3 Å². The zero-order valence-electron chi connectivity index (χ0n) is 19.6. The van der Waals surface area contributed by atoms with E-state index in [1.54, 1.807) is 30.3 Å². The minimum Gasteiger partial charge on any atom is -0.465 e. The van der Waals surface area contributed by atoms with E-state index in [9.17, 15) is 23.9 Å². The molecule has 2 heterocycles. The largest absolute Gasteiger partial charge is 0.465 e. The van der Waals surface area contributed by atoms with Crippen LogP contribution in [0.25, 0.3) is 10.9 Å². The van der Waals surface area contributed by atoms with Crippen LogP contribution in [-0.2, 0) is 11.3 Å². The third-order valence-electron chi connectivity index (χ3n) is 6.40. The Bertz CT molecular complexity index is 1380. The smallest absolute Gasteiger partial charge is 0.407 e. The van der Waals surface area contributed by atoms with Gasteiger partial charge in [0.25, 0.3) is 5.56 Å². The van der Waals surface area contributed by atoms with Gasteiger partial charge in [-0.15, -0.1) is 0 Å². The number of aromatic amines is 1. The summed E-state index contributed by atoms with van der Waals surface area (Å²) in [4.78, 5) is 42.1. The third kappa shape index (κ3) is 5.11. The van der Waals surface area contributed by atoms with Gasteiger partial charge in [-0.25, -0.2) is 14.0 Å². The van der Waals surface area contributed by atoms with Gasteiger partial charge in [-0.05, 0) is 35.2 Å². The highest BCUT2D eigenvalue weighted by Gasteiger charge is 2.40. The second-order valence-electron chi connectivity index (χ2n) is 9.92. The van der Waals surface area contributed by atoms with E-state index in [1.807, 2.05) is 20.8 Å². The molecule has 1 aromatic heterocycles. The number of carboxylic acid groups (broad SMARTS) is 1. The minimum atomic E-state index is -1.14. The maximum Gasteiger partial charge on any atom is 0.407 e. The molecule has 0 saturated carbocycles. The average molecular weight is 504 g/mol. The minimum absolute atomic E-state index is 0.0183. The summed E-state index contributed by atoms with van der Waals surface area (Å²) in [5.41, 5.74) is -0.698. The second kappa shape index (κ2) is 9.47. The number of ether oxygens (including phenoxy) is 1. The van der Waals surface area contributed by atoms with Crippen molar-refractivity contribution in [1.82, 2.24) is 14.5 Å². The van der Waals surface area contributed by atoms with E-state index < -0.39 is 46.7 Å². The Morgan fingerprint density at radius 1 is 1.20 bits per heavy atom. The summed E-state index contributed by atoms with van der Waals surface area (Å²) in [6.07, 6.45) is -2.47. The molecule has 3 aromatic rings. The molecule has 3 atom stereocenters. The highest BCUT2D eigenvalue weighted by atomic mass is 35.5. The Morgan fingerprint density at radius 3 is 2.57 bits per heavy atom. The van der Waals surface area contributed by atoms with Crippen molar-refractivity contribution in [1.29, 1.82) is 0 Å². The summed E-state index contributed by atoms with van der Waals surface area (Å²) in [5, 5.41) is 10.2. The van der Waals surface area contributed by atoms with E-state index in [-0.39, 0.29) is 24.7 Å². The average Bonchev–Trinajstić information content (AvgIpc) is 2.99. The van der Waals surface area contributed by atoms with E-state index in [2.05, 4.69) is 4.98 Å². The SMILES string of the molecule is CC(C)(C)C1CN(C(=O)O)C[C@H](Cn2c(=O)[nH]c3ccccc3c2=O)[C@H](c2ccc(Cl)c(F)c2)O1. The number of carbonyl (C=O) groups is 1. The zero-order valence-corrected chi connectivity index (χ0v) is 20.4. The summed E-state index contributed by atoms with van der Waals surface area (Å²) >= 11 is 5.89. The van der Waals surface area contributed by atoms with Crippen LogP contribution >= 0.6 is 11.6 Å². The first-order chi connectivity index (χ1) is 16.5. The monoisotopic (exact) mass is 503 g/mol. The molecule has 0 aliphatic carbocycles. The van der Waals surface area contributed by atoms with Crippen molar-refractivity contribution in [3.05, 3.63) is 79.7 Å². The lowest BCUT2D eigenvalue weighted by molar-refractivity contribution is -0.0790. The van der Waals surface area contributed by atoms with Crippen LogP contribution in [0, 0.1) is 17.2 Å². The van der Waals surface area contributed by atoms with Crippen LogP contribution < -0.4 is 11.2 Å². The molecule has 35 heavy (non-hydrogen) atoms. The number of halogens is 2. The number of hydrogen-bond acceptors (Lipinski definition) is 4. The van der Waals surface area contributed by atoms with Gasteiger partial charge in [-0.2, -0.15) is 0 Å². The molecule has 186 valence electrons. The van der Waals surface area contributed by atoms with Gasteiger partial charge >= 0.3 is 11.8 Å². The Labute approximate surface area is 205 Å². The highest BCUT2D eigenvalue weighted by molar-refractivity contribution is 6.30. The fourth-order valence-corrected chi connectivity index (χ4v) is 4.53. The molecule has 1 amide bonds. The molecule has 2 aromatic carbocycles. The number of aromatic nitrogens is 2. The molecular formula is C25H27ClFN3O5. The van der Waals surface area contributed by atoms with Crippen LogP contribution in [0.5, 0.6) is 0 Å². The van der Waals surface area contributed by atoms with Crippen molar-refractivity contribution < 1.29 is 19.0 Å². The number of para-hydroxylation sites is 1. The summed E-state index contributed by atoms with van der Waals surface area (Å²) in [6, 6.07) is 10.9. The zero-order chi connectivity index (χ0) is 25.5. The first-order valence-electron chi connectivity index (χ1n) is 11.3. The molecule has 1 saturated heterocycles. The number of fused-ring (bicyclic) bond motifs is 1. The number of H-pyrrole nitrogens is 1. The number of amides is 1. The van der Waals surface area contributed by atoms with Gasteiger partial charge in [0.05, 0.1) is 34.7 Å². The molecule has 2 N–H and O–H groups in total. The first kappa shape index (κ1) is 24.9. The number of rotatable bonds is 3. The summed E-state index contributed by atoms with van der Waals surface area (Å²) in [7, 11) is 0. The van der Waals surface area contributed by atoms with Crippen molar-refractivity contribution in [3.8, 4) is 0 Å². The lowest BCUT2D eigenvalue weighted by atomic mass is 9.88. The van der Waals surface area contributed by atoms with E-state index in [0.717, 1.165) is 4.57 Å². The summed E-state index contributed by atoms with van der Waals surface area (Å²) in [5.74, 6) is -1.31. The van der Waals surface area contributed by atoms with Crippen molar-refractivity contribution >= 4 is 28.6 Å². The molecule has 0 radical (unpaired) electrons. The Kier molecular flexibility index (Phi) is 6.75. The van der Waals surface area contributed by atoms with E-state index in [1.165, 1.54) is 17.0 Å². The van der Waals surface area contributed by atoms with Crippen LogP contribution in [0.3, 0.4) is 0 Å². The molecule has 1 aliphatic heterocycles. The molecule has 10 heteroatoms. The second-order valence-corrected chi connectivity index (χ2v) is 10.3. The van der Waals surface area contributed by atoms with Gasteiger partial charge in [-0.1, -0.05) is 50.6 Å². The molecular weight excluding hydrogens is 477 g/mol. The molecule has 1 fully saturated rings. The fourth-order valence-electron chi connectivity index (χ4n) is 4.41. The number of hydrogen-bond donors (Lipinski definition) is 2. The van der Waals surface area contributed by atoms with Crippen molar-refractivity contribution in [2.75, 3.05) is 13.1 Å². The third-order valence-corrected chi connectivity index (χ3v) is 6.70. The van der Waals surface area contributed by atoms with Crippen LogP contribution in [0.2, 0.25) is 5.02 Å². The van der Waals surface area contributed by atoms with Crippen LogP contribution in [0.15, 0.2) is 52.1 Å². The highest BCUT2D eigenvalue weighted by Crippen LogP contribution is 2.38. The Balaban J connectivity index is 1.84. The molecule has 4 rings (SSSR count). The summed E-state index contributed by atoms with van der Waals surface area (Å²) in [6.45, 7) is 5.72. The lowest BCUT2D eigenvalue weighted by Gasteiger charge is -2.34. The molecule has 1 unspecified atom stereocenters. The standard InChI is InChI=1S/C25H27ClFN3O5/c1-25(2,3)20-13-29(24(33)34)11-15(21(35-20)14-8-9-17(26)18(27)10-14)12-30-22(31)16-6-4-5-7-19(16)28-23(30)32/h4-10,15,20-21H,11-13H2,1-3H3,(H,28,32)(H,33,34)/t15-,20?,21+/m1/s1. The fraction of sp³-hybridized carbons (Fsp3) is 0.400. The van der Waals surface area contributed by atoms with Gasteiger partial charge in [0.2, 0.25) is 0 Å². The van der Waals surface area contributed by atoms with E-state index in [0.29, 0.717) is 16.5 Å². The van der Waals surface area contributed by atoms with Crippen molar-refractivity contribution in [2.24, 2.45) is 11.3 Å². The van der Waals surface area contributed by atoms with Gasteiger partial charge in [0.15, 0.2) is 0 Å². The molecule has 0 bridgehead atoms. The molecule has 1 aliphatic rings. The first-order valence-corrected chi connectivity index (χ1v) is 11.6. The number of nitrogens with zero attached hydrogens (tertiary/aromatic N) is 2. The quantitative estimate of drug-likeness (QED) is 0.555. The normalized spacial score (nSPS) is 21.2. The van der Waals surface area contributed by atoms with Gasteiger partial charge < -0.3 is 19.7 Å². The number of benzene rings is 2. The van der Waals surface area contributed by atoms with E-state index >= 15 is 0 Å². The molecule has 8 nitrogen and oxygen atoms in total. The van der Waals surface area contributed by atoms with Crippen molar-refractivity contribution in [2.45, 2.75) is 39.5 Å². The Hall–Kier alpha value is -3.17.